The molecule has 13 heavy (non-hydrogen) atoms. The molecule has 0 aliphatic carbocycles. The molecule has 0 amide bonds. The number of halogens is 2. The van der Waals surface area contributed by atoms with Crippen molar-refractivity contribution >= 4 is 31.9 Å². The van der Waals surface area contributed by atoms with Gasteiger partial charge in [0, 0.05) is 14.9 Å². The molecule has 0 saturated carbocycles. The lowest BCUT2D eigenvalue weighted by molar-refractivity contribution is 0.169. The topological polar surface area (TPSA) is 20.2 Å². The summed E-state index contributed by atoms with van der Waals surface area (Å²) in [5.74, 6) is 0.161. The molecule has 1 aromatic carbocycles. The lowest BCUT2D eigenvalue weighted by Crippen LogP contribution is -2.10. The first kappa shape index (κ1) is 11.2. The van der Waals surface area contributed by atoms with Crippen LogP contribution >= 0.6 is 31.9 Å². The highest BCUT2D eigenvalue weighted by atomic mass is 79.9. The molecule has 1 N–H and O–H groups in total. The summed E-state index contributed by atoms with van der Waals surface area (Å²) in [7, 11) is 0. The van der Waals surface area contributed by atoms with Crippen molar-refractivity contribution in [1.29, 1.82) is 0 Å². The Morgan fingerprint density at radius 2 is 1.54 bits per heavy atom. The van der Waals surface area contributed by atoms with E-state index in [1.165, 1.54) is 0 Å². The maximum atomic E-state index is 9.43. The Bertz CT molecular complexity index is 277. The lowest BCUT2D eigenvalue weighted by Gasteiger charge is -2.15. The molecular formula is C10H12Br2O. The van der Waals surface area contributed by atoms with Crippen LogP contribution in [0.1, 0.15) is 25.3 Å². The first-order valence-corrected chi connectivity index (χ1v) is 5.73. The van der Waals surface area contributed by atoms with Gasteiger partial charge in [0.1, 0.15) is 0 Å². The van der Waals surface area contributed by atoms with Gasteiger partial charge < -0.3 is 5.11 Å². The van der Waals surface area contributed by atoms with Gasteiger partial charge in [0.2, 0.25) is 0 Å². The predicted octanol–water partition coefficient (Wildman–Crippen LogP) is 3.70. The van der Waals surface area contributed by atoms with Gasteiger partial charge >= 0.3 is 0 Å². The number of hydrogen-bond acceptors (Lipinski definition) is 1. The zero-order valence-electron chi connectivity index (χ0n) is 7.59. The van der Waals surface area contributed by atoms with Gasteiger partial charge in [-0.3, -0.25) is 0 Å². The zero-order chi connectivity index (χ0) is 10.0. The predicted molar refractivity (Wildman–Crippen MR) is 61.9 cm³/mol. The van der Waals surface area contributed by atoms with Crippen molar-refractivity contribution in [2.75, 3.05) is 0 Å². The summed E-state index contributed by atoms with van der Waals surface area (Å²) >= 11 is 6.84. The molecule has 72 valence electrons. The molecule has 0 aliphatic rings. The Morgan fingerprint density at radius 3 is 1.92 bits per heavy atom. The summed E-state index contributed by atoms with van der Waals surface area (Å²) in [5, 5.41) is 9.43. The van der Waals surface area contributed by atoms with Gasteiger partial charge in [-0.15, -0.1) is 0 Å². The standard InChI is InChI=1S/C10H12Br2O/c1-6(7(2)13)8-3-9(11)5-10(12)4-8/h3-7,13H,1-2H3. The third-order valence-electron chi connectivity index (χ3n) is 2.13. The second kappa shape index (κ2) is 4.58. The fourth-order valence-electron chi connectivity index (χ4n) is 1.12. The molecule has 0 aromatic heterocycles. The quantitative estimate of drug-likeness (QED) is 0.883. The minimum absolute atomic E-state index is 0.161. The Kier molecular flexibility index (Phi) is 3.95. The molecule has 2 unspecified atom stereocenters. The molecular weight excluding hydrogens is 296 g/mol. The minimum atomic E-state index is -0.318. The fraction of sp³-hybridized carbons (Fsp3) is 0.400. The molecule has 1 rings (SSSR count). The van der Waals surface area contributed by atoms with Crippen molar-refractivity contribution in [2.45, 2.75) is 25.9 Å². The van der Waals surface area contributed by atoms with Gasteiger partial charge in [-0.2, -0.15) is 0 Å². The molecule has 0 saturated heterocycles. The molecule has 0 heterocycles. The highest BCUT2D eigenvalue weighted by molar-refractivity contribution is 9.11. The summed E-state index contributed by atoms with van der Waals surface area (Å²) in [6.07, 6.45) is -0.318. The molecule has 3 heteroatoms. The molecule has 0 fully saturated rings. The largest absolute Gasteiger partial charge is 0.393 e. The number of benzene rings is 1. The van der Waals surface area contributed by atoms with Crippen LogP contribution in [0.3, 0.4) is 0 Å². The molecule has 2 atom stereocenters. The molecule has 0 radical (unpaired) electrons. The molecule has 1 aromatic rings. The maximum Gasteiger partial charge on any atom is 0.0577 e. The van der Waals surface area contributed by atoms with E-state index in [-0.39, 0.29) is 12.0 Å². The van der Waals surface area contributed by atoms with E-state index in [2.05, 4.69) is 31.9 Å². The first-order valence-electron chi connectivity index (χ1n) is 4.14. The smallest absolute Gasteiger partial charge is 0.0577 e. The summed E-state index contributed by atoms with van der Waals surface area (Å²) < 4.78 is 2.06. The van der Waals surface area contributed by atoms with E-state index in [1.54, 1.807) is 6.92 Å². The third kappa shape index (κ3) is 3.08. The van der Waals surface area contributed by atoms with Gasteiger partial charge in [0.15, 0.2) is 0 Å². The summed E-state index contributed by atoms with van der Waals surface area (Å²) in [5.41, 5.74) is 1.14. The summed E-state index contributed by atoms with van der Waals surface area (Å²) in [6.45, 7) is 3.82. The van der Waals surface area contributed by atoms with Crippen LogP contribution in [0.4, 0.5) is 0 Å². The van der Waals surface area contributed by atoms with Crippen LogP contribution < -0.4 is 0 Å². The Labute approximate surface area is 95.4 Å². The van der Waals surface area contributed by atoms with E-state index in [1.807, 2.05) is 25.1 Å². The van der Waals surface area contributed by atoms with Crippen molar-refractivity contribution < 1.29 is 5.11 Å². The number of rotatable bonds is 2. The maximum absolute atomic E-state index is 9.43. The Balaban J connectivity index is 3.01. The van der Waals surface area contributed by atoms with E-state index in [9.17, 15) is 5.11 Å². The van der Waals surface area contributed by atoms with Crippen molar-refractivity contribution in [2.24, 2.45) is 0 Å². The van der Waals surface area contributed by atoms with Crippen LogP contribution in [-0.4, -0.2) is 11.2 Å². The van der Waals surface area contributed by atoms with Gasteiger partial charge in [-0.1, -0.05) is 38.8 Å². The minimum Gasteiger partial charge on any atom is -0.393 e. The zero-order valence-corrected chi connectivity index (χ0v) is 10.8. The number of aliphatic hydroxyl groups is 1. The molecule has 1 nitrogen and oxygen atoms in total. The van der Waals surface area contributed by atoms with Crippen LogP contribution in [0.15, 0.2) is 27.1 Å². The summed E-state index contributed by atoms with van der Waals surface area (Å²) in [6, 6.07) is 6.04. The average Bonchev–Trinajstić information content (AvgIpc) is 2.01. The van der Waals surface area contributed by atoms with E-state index >= 15 is 0 Å². The highest BCUT2D eigenvalue weighted by Gasteiger charge is 2.12. The van der Waals surface area contributed by atoms with Crippen LogP contribution in [0.2, 0.25) is 0 Å². The van der Waals surface area contributed by atoms with Crippen LogP contribution in [0.5, 0.6) is 0 Å². The second-order valence-corrected chi connectivity index (χ2v) is 5.06. The number of aliphatic hydroxyl groups excluding tert-OH is 1. The van der Waals surface area contributed by atoms with Crippen LogP contribution in [0, 0.1) is 0 Å². The van der Waals surface area contributed by atoms with Crippen molar-refractivity contribution in [1.82, 2.24) is 0 Å². The highest BCUT2D eigenvalue weighted by Crippen LogP contribution is 2.26. The lowest BCUT2D eigenvalue weighted by atomic mass is 9.97. The van der Waals surface area contributed by atoms with E-state index in [4.69, 9.17) is 0 Å². The van der Waals surface area contributed by atoms with E-state index in [0.29, 0.717) is 0 Å². The third-order valence-corrected chi connectivity index (χ3v) is 3.05. The Morgan fingerprint density at radius 1 is 1.08 bits per heavy atom. The normalized spacial score (nSPS) is 15.5. The van der Waals surface area contributed by atoms with Gasteiger partial charge in [-0.25, -0.2) is 0 Å². The fourth-order valence-corrected chi connectivity index (χ4v) is 2.45. The van der Waals surface area contributed by atoms with Crippen molar-refractivity contribution in [3.63, 3.8) is 0 Å². The van der Waals surface area contributed by atoms with E-state index in [0.717, 1.165) is 14.5 Å². The molecule has 0 aliphatic heterocycles. The van der Waals surface area contributed by atoms with E-state index < -0.39 is 0 Å². The Hall–Kier alpha value is 0.140. The van der Waals surface area contributed by atoms with Crippen LogP contribution in [0.25, 0.3) is 0 Å². The van der Waals surface area contributed by atoms with Crippen LogP contribution in [-0.2, 0) is 0 Å². The number of hydrogen-bond donors (Lipinski definition) is 1. The average molecular weight is 308 g/mol. The van der Waals surface area contributed by atoms with Gasteiger partial charge in [-0.05, 0) is 30.7 Å². The SMILES string of the molecule is CC(O)C(C)c1cc(Br)cc(Br)c1. The second-order valence-electron chi connectivity index (χ2n) is 3.23. The first-order chi connectivity index (χ1) is 6.00. The summed E-state index contributed by atoms with van der Waals surface area (Å²) in [4.78, 5) is 0. The van der Waals surface area contributed by atoms with Gasteiger partial charge in [0.05, 0.1) is 6.10 Å². The van der Waals surface area contributed by atoms with Gasteiger partial charge in [0.25, 0.3) is 0 Å². The molecule has 0 bridgehead atoms. The van der Waals surface area contributed by atoms with Crippen molar-refractivity contribution in [3.8, 4) is 0 Å². The van der Waals surface area contributed by atoms with Crippen molar-refractivity contribution in [3.05, 3.63) is 32.7 Å². The molecule has 0 spiro atoms. The monoisotopic (exact) mass is 306 g/mol.